The highest BCUT2D eigenvalue weighted by Gasteiger charge is 2.21. The smallest absolute Gasteiger partial charge is 0.356 e. The number of hydrogen-bond donors (Lipinski definition) is 2. The summed E-state index contributed by atoms with van der Waals surface area (Å²) in [5, 5.41) is 13.3. The van der Waals surface area contributed by atoms with Gasteiger partial charge in [0.2, 0.25) is 5.88 Å². The van der Waals surface area contributed by atoms with Crippen molar-refractivity contribution in [3.63, 3.8) is 0 Å². The SMILES string of the molecule is COC1=CCC(n2nc(C(=O)O)cc2-c2cc[nH]c2)C=N1. The molecule has 0 saturated heterocycles. The Kier molecular flexibility index (Phi) is 3.31. The summed E-state index contributed by atoms with van der Waals surface area (Å²) >= 11 is 0. The number of H-pyrrole nitrogens is 1. The number of aromatic amines is 1. The van der Waals surface area contributed by atoms with Gasteiger partial charge in [-0.15, -0.1) is 0 Å². The van der Waals surface area contributed by atoms with Crippen molar-refractivity contribution in [1.82, 2.24) is 14.8 Å². The summed E-state index contributed by atoms with van der Waals surface area (Å²) in [5.41, 5.74) is 1.63. The molecule has 0 spiro atoms. The molecule has 3 rings (SSSR count). The number of rotatable bonds is 4. The van der Waals surface area contributed by atoms with Crippen molar-refractivity contribution in [2.75, 3.05) is 7.11 Å². The fraction of sp³-hybridized carbons (Fsp3) is 0.214. The molecule has 108 valence electrons. The lowest BCUT2D eigenvalue weighted by Crippen LogP contribution is -2.16. The van der Waals surface area contributed by atoms with Gasteiger partial charge in [-0.1, -0.05) is 0 Å². The third kappa shape index (κ3) is 2.45. The molecule has 0 bridgehead atoms. The zero-order valence-corrected chi connectivity index (χ0v) is 11.4. The Morgan fingerprint density at radius 1 is 1.57 bits per heavy atom. The lowest BCUT2D eigenvalue weighted by molar-refractivity contribution is 0.0689. The predicted molar refractivity (Wildman–Crippen MR) is 76.2 cm³/mol. The number of methoxy groups -OCH3 is 1. The summed E-state index contributed by atoms with van der Waals surface area (Å²) in [6.07, 6.45) is 7.80. The number of nitrogens with zero attached hydrogens (tertiary/aromatic N) is 3. The van der Waals surface area contributed by atoms with Crippen LogP contribution in [0.15, 0.2) is 41.5 Å². The molecule has 0 aliphatic carbocycles. The molecular formula is C14H14N4O3. The van der Waals surface area contributed by atoms with Crippen LogP contribution in [0.5, 0.6) is 0 Å². The van der Waals surface area contributed by atoms with E-state index >= 15 is 0 Å². The van der Waals surface area contributed by atoms with Gasteiger partial charge in [-0.25, -0.2) is 9.79 Å². The van der Waals surface area contributed by atoms with Crippen LogP contribution in [0.25, 0.3) is 11.3 Å². The fourth-order valence-corrected chi connectivity index (χ4v) is 2.24. The quantitative estimate of drug-likeness (QED) is 0.900. The van der Waals surface area contributed by atoms with Crippen LogP contribution in [0.1, 0.15) is 23.0 Å². The van der Waals surface area contributed by atoms with Gasteiger partial charge in [0.15, 0.2) is 5.69 Å². The molecule has 1 atom stereocenters. The number of aliphatic imine (C=N–C) groups is 1. The Morgan fingerprint density at radius 3 is 3.00 bits per heavy atom. The van der Waals surface area contributed by atoms with Gasteiger partial charge in [0.1, 0.15) is 0 Å². The number of allylic oxidation sites excluding steroid dienone is 1. The van der Waals surface area contributed by atoms with Crippen LogP contribution in [0.4, 0.5) is 0 Å². The van der Waals surface area contributed by atoms with Crippen molar-refractivity contribution in [3.05, 3.63) is 42.2 Å². The molecule has 0 saturated carbocycles. The molecule has 1 aliphatic heterocycles. The van der Waals surface area contributed by atoms with Crippen LogP contribution in [0.3, 0.4) is 0 Å². The highest BCUT2D eigenvalue weighted by molar-refractivity contribution is 5.87. The van der Waals surface area contributed by atoms with Crippen molar-refractivity contribution in [1.29, 1.82) is 0 Å². The Bertz CT molecular complexity index is 713. The summed E-state index contributed by atoms with van der Waals surface area (Å²) < 4.78 is 6.74. The second-order valence-electron chi connectivity index (χ2n) is 4.59. The Balaban J connectivity index is 2.00. The maximum Gasteiger partial charge on any atom is 0.356 e. The van der Waals surface area contributed by atoms with E-state index in [1.54, 1.807) is 36.5 Å². The number of nitrogens with one attached hydrogen (secondary N) is 1. The van der Waals surface area contributed by atoms with E-state index in [2.05, 4.69) is 15.1 Å². The minimum absolute atomic E-state index is 0.0149. The maximum atomic E-state index is 11.2. The highest BCUT2D eigenvalue weighted by atomic mass is 16.5. The monoisotopic (exact) mass is 286 g/mol. The molecule has 2 N–H and O–H groups in total. The van der Waals surface area contributed by atoms with E-state index in [4.69, 9.17) is 9.84 Å². The van der Waals surface area contributed by atoms with E-state index < -0.39 is 5.97 Å². The summed E-state index contributed by atoms with van der Waals surface area (Å²) in [4.78, 5) is 18.3. The zero-order chi connectivity index (χ0) is 14.8. The fourth-order valence-electron chi connectivity index (χ4n) is 2.24. The molecule has 2 aromatic rings. The van der Waals surface area contributed by atoms with E-state index in [1.165, 1.54) is 0 Å². The van der Waals surface area contributed by atoms with Gasteiger partial charge in [-0.2, -0.15) is 5.10 Å². The third-order valence-electron chi connectivity index (χ3n) is 3.28. The molecule has 0 fully saturated rings. The molecule has 0 amide bonds. The predicted octanol–water partition coefficient (Wildman–Crippen LogP) is 2.08. The van der Waals surface area contributed by atoms with Gasteiger partial charge >= 0.3 is 5.97 Å². The first-order chi connectivity index (χ1) is 10.2. The summed E-state index contributed by atoms with van der Waals surface area (Å²) in [7, 11) is 1.56. The molecule has 7 nitrogen and oxygen atoms in total. The van der Waals surface area contributed by atoms with Crippen LogP contribution >= 0.6 is 0 Å². The summed E-state index contributed by atoms with van der Waals surface area (Å²) in [6.45, 7) is 0. The first-order valence-electron chi connectivity index (χ1n) is 6.43. The second kappa shape index (κ2) is 5.28. The van der Waals surface area contributed by atoms with Crippen LogP contribution in [-0.2, 0) is 4.74 Å². The van der Waals surface area contributed by atoms with Crippen molar-refractivity contribution < 1.29 is 14.6 Å². The van der Waals surface area contributed by atoms with E-state index in [0.717, 1.165) is 11.3 Å². The number of carbonyl (C=O) groups is 1. The first-order valence-corrected chi connectivity index (χ1v) is 6.43. The van der Waals surface area contributed by atoms with Crippen LogP contribution in [0.2, 0.25) is 0 Å². The maximum absolute atomic E-state index is 11.2. The van der Waals surface area contributed by atoms with Crippen molar-refractivity contribution in [2.45, 2.75) is 12.5 Å². The topological polar surface area (TPSA) is 92.5 Å². The van der Waals surface area contributed by atoms with E-state index in [9.17, 15) is 4.79 Å². The van der Waals surface area contributed by atoms with Gasteiger partial charge in [0, 0.05) is 24.2 Å². The standard InChI is InChI=1S/C14H14N4O3/c1-21-13-3-2-10(8-16-13)18-12(9-4-5-15-7-9)6-11(17-18)14(19)20/h3-8,10,15H,2H2,1H3,(H,19,20). The number of ether oxygens (including phenoxy) is 1. The van der Waals surface area contributed by atoms with Gasteiger partial charge in [0.25, 0.3) is 0 Å². The molecular weight excluding hydrogens is 272 g/mol. The molecule has 0 aromatic carbocycles. The number of hydrogen-bond acceptors (Lipinski definition) is 4. The Hall–Kier alpha value is -2.83. The minimum atomic E-state index is -1.05. The average Bonchev–Trinajstić information content (AvgIpc) is 3.16. The lowest BCUT2D eigenvalue weighted by atomic mass is 10.1. The van der Waals surface area contributed by atoms with Crippen molar-refractivity contribution in [2.24, 2.45) is 4.99 Å². The first kappa shape index (κ1) is 13.2. The number of carboxylic acids is 1. The molecule has 1 unspecified atom stereocenters. The van der Waals surface area contributed by atoms with E-state index in [1.807, 2.05) is 12.1 Å². The van der Waals surface area contributed by atoms with Gasteiger partial charge in [-0.3, -0.25) is 4.68 Å². The lowest BCUT2D eigenvalue weighted by Gasteiger charge is -2.17. The normalized spacial score (nSPS) is 17.6. The average molecular weight is 286 g/mol. The van der Waals surface area contributed by atoms with Crippen LogP contribution in [0, 0.1) is 0 Å². The molecule has 0 radical (unpaired) electrons. The second-order valence-corrected chi connectivity index (χ2v) is 4.59. The molecule has 2 aromatic heterocycles. The molecule has 3 heterocycles. The summed E-state index contributed by atoms with van der Waals surface area (Å²) in [6, 6.07) is 3.30. The van der Waals surface area contributed by atoms with Crippen LogP contribution in [-0.4, -0.2) is 39.2 Å². The Morgan fingerprint density at radius 2 is 2.43 bits per heavy atom. The number of aromatic nitrogens is 3. The van der Waals surface area contributed by atoms with Crippen LogP contribution < -0.4 is 0 Å². The van der Waals surface area contributed by atoms with Crippen molar-refractivity contribution in [3.8, 4) is 11.3 Å². The molecule has 7 heteroatoms. The largest absolute Gasteiger partial charge is 0.481 e. The number of aromatic carboxylic acids is 1. The van der Waals surface area contributed by atoms with E-state index in [-0.39, 0.29) is 11.7 Å². The van der Waals surface area contributed by atoms with E-state index in [0.29, 0.717) is 12.3 Å². The van der Waals surface area contributed by atoms with Gasteiger partial charge in [-0.05, 0) is 24.6 Å². The third-order valence-corrected chi connectivity index (χ3v) is 3.28. The Labute approximate surface area is 120 Å². The van der Waals surface area contributed by atoms with Crippen molar-refractivity contribution >= 4 is 12.2 Å². The molecule has 1 aliphatic rings. The number of carboxylic acid groups (broad SMARTS) is 1. The molecule has 21 heavy (non-hydrogen) atoms. The van der Waals surface area contributed by atoms with Gasteiger partial charge in [0.05, 0.1) is 18.8 Å². The van der Waals surface area contributed by atoms with Gasteiger partial charge < -0.3 is 14.8 Å². The zero-order valence-electron chi connectivity index (χ0n) is 11.4. The minimum Gasteiger partial charge on any atom is -0.481 e. The summed E-state index contributed by atoms with van der Waals surface area (Å²) in [5.74, 6) is -0.494. The highest BCUT2D eigenvalue weighted by Crippen LogP contribution is 2.26.